The SMILES string of the molecule is COc1ccc(-n2c(-c3cnc[nH]3)nc3cc(C(F)(F)F)cnc32)cn1. The van der Waals surface area contributed by atoms with E-state index in [4.69, 9.17) is 4.74 Å². The van der Waals surface area contributed by atoms with Crippen molar-refractivity contribution in [1.82, 2.24) is 29.5 Å². The minimum Gasteiger partial charge on any atom is -0.481 e. The summed E-state index contributed by atoms with van der Waals surface area (Å²) in [5.74, 6) is 0.782. The van der Waals surface area contributed by atoms with Crippen molar-refractivity contribution in [2.24, 2.45) is 0 Å². The Kier molecular flexibility index (Phi) is 3.60. The van der Waals surface area contributed by atoms with Crippen molar-refractivity contribution >= 4 is 11.2 Å². The summed E-state index contributed by atoms with van der Waals surface area (Å²) in [6.07, 6.45) is 0.799. The second kappa shape index (κ2) is 5.83. The number of pyridine rings is 2. The third-order valence-corrected chi connectivity index (χ3v) is 3.75. The fourth-order valence-electron chi connectivity index (χ4n) is 2.55. The van der Waals surface area contributed by atoms with E-state index in [0.29, 0.717) is 23.1 Å². The van der Waals surface area contributed by atoms with Crippen molar-refractivity contribution in [3.8, 4) is 23.1 Å². The van der Waals surface area contributed by atoms with Gasteiger partial charge in [0.2, 0.25) is 5.88 Å². The molecule has 4 rings (SSSR count). The van der Waals surface area contributed by atoms with Gasteiger partial charge in [0.25, 0.3) is 0 Å². The number of halogens is 3. The lowest BCUT2D eigenvalue weighted by molar-refractivity contribution is -0.137. The Bertz CT molecular complexity index is 1050. The summed E-state index contributed by atoms with van der Waals surface area (Å²) in [5, 5.41) is 0. The van der Waals surface area contributed by atoms with Crippen molar-refractivity contribution in [3.63, 3.8) is 0 Å². The van der Waals surface area contributed by atoms with Crippen molar-refractivity contribution < 1.29 is 17.9 Å². The number of fused-ring (bicyclic) bond motifs is 1. The van der Waals surface area contributed by atoms with Gasteiger partial charge in [-0.05, 0) is 12.1 Å². The van der Waals surface area contributed by atoms with Crippen LogP contribution in [0.25, 0.3) is 28.4 Å². The molecule has 0 unspecified atom stereocenters. The molecule has 7 nitrogen and oxygen atoms in total. The highest BCUT2D eigenvalue weighted by molar-refractivity contribution is 5.79. The molecule has 4 heterocycles. The van der Waals surface area contributed by atoms with Gasteiger partial charge < -0.3 is 9.72 Å². The van der Waals surface area contributed by atoms with Crippen molar-refractivity contribution in [2.75, 3.05) is 7.11 Å². The molecule has 0 radical (unpaired) electrons. The van der Waals surface area contributed by atoms with Crippen LogP contribution in [0.15, 0.2) is 43.1 Å². The highest BCUT2D eigenvalue weighted by atomic mass is 19.4. The molecule has 0 aliphatic heterocycles. The Morgan fingerprint density at radius 3 is 2.58 bits per heavy atom. The lowest BCUT2D eigenvalue weighted by Gasteiger charge is -2.09. The lowest BCUT2D eigenvalue weighted by Crippen LogP contribution is -2.06. The maximum Gasteiger partial charge on any atom is 0.417 e. The second-order valence-corrected chi connectivity index (χ2v) is 5.36. The summed E-state index contributed by atoms with van der Waals surface area (Å²) in [4.78, 5) is 19.3. The zero-order valence-electron chi connectivity index (χ0n) is 13.3. The fraction of sp³-hybridized carbons (Fsp3) is 0.125. The number of aromatic amines is 1. The van der Waals surface area contributed by atoms with Gasteiger partial charge in [-0.3, -0.25) is 4.57 Å². The van der Waals surface area contributed by atoms with E-state index in [1.54, 1.807) is 16.7 Å². The second-order valence-electron chi connectivity index (χ2n) is 5.36. The summed E-state index contributed by atoms with van der Waals surface area (Å²) < 4.78 is 45.6. The average molecular weight is 360 g/mol. The van der Waals surface area contributed by atoms with Crippen LogP contribution >= 0.6 is 0 Å². The van der Waals surface area contributed by atoms with Crippen LogP contribution in [-0.2, 0) is 6.18 Å². The first-order valence-electron chi connectivity index (χ1n) is 7.42. The summed E-state index contributed by atoms with van der Waals surface area (Å²) in [5.41, 5.74) is 0.631. The molecule has 0 aliphatic carbocycles. The molecule has 0 atom stereocenters. The van der Waals surface area contributed by atoms with Crippen LogP contribution < -0.4 is 4.74 Å². The Hall–Kier alpha value is -3.43. The normalized spacial score (nSPS) is 11.8. The smallest absolute Gasteiger partial charge is 0.417 e. The molecule has 0 saturated carbocycles. The third-order valence-electron chi connectivity index (χ3n) is 3.75. The topological polar surface area (TPSA) is 81.5 Å². The molecule has 0 saturated heterocycles. The third kappa shape index (κ3) is 2.65. The summed E-state index contributed by atoms with van der Waals surface area (Å²) >= 11 is 0. The first-order chi connectivity index (χ1) is 12.5. The molecule has 4 aromatic rings. The van der Waals surface area contributed by atoms with E-state index >= 15 is 0 Å². The summed E-state index contributed by atoms with van der Waals surface area (Å²) in [6, 6.07) is 4.32. The molecule has 1 N–H and O–H groups in total. The van der Waals surface area contributed by atoms with E-state index < -0.39 is 11.7 Å². The Balaban J connectivity index is 1.97. The molecule has 0 aliphatic rings. The highest BCUT2D eigenvalue weighted by Crippen LogP contribution is 2.32. The van der Waals surface area contributed by atoms with Gasteiger partial charge in [-0.25, -0.2) is 19.9 Å². The number of hydrogen-bond acceptors (Lipinski definition) is 5. The minimum absolute atomic E-state index is 0.111. The van der Waals surface area contributed by atoms with Crippen molar-refractivity contribution in [2.45, 2.75) is 6.18 Å². The van der Waals surface area contributed by atoms with Crippen LogP contribution in [-0.4, -0.2) is 36.6 Å². The number of hydrogen-bond donors (Lipinski definition) is 1. The molecule has 0 spiro atoms. The quantitative estimate of drug-likeness (QED) is 0.607. The number of ether oxygens (including phenoxy) is 1. The van der Waals surface area contributed by atoms with Crippen LogP contribution in [0.2, 0.25) is 0 Å². The number of nitrogens with zero attached hydrogens (tertiary/aromatic N) is 5. The fourth-order valence-corrected chi connectivity index (χ4v) is 2.55. The van der Waals surface area contributed by atoms with Crippen molar-refractivity contribution in [3.05, 3.63) is 48.7 Å². The molecule has 0 amide bonds. The number of imidazole rings is 2. The summed E-state index contributed by atoms with van der Waals surface area (Å²) in [7, 11) is 1.49. The first kappa shape index (κ1) is 16.1. The Labute approximate surface area is 144 Å². The van der Waals surface area contributed by atoms with Crippen LogP contribution in [0.1, 0.15) is 5.56 Å². The zero-order chi connectivity index (χ0) is 18.3. The average Bonchev–Trinajstić information content (AvgIpc) is 3.28. The number of aromatic nitrogens is 6. The first-order valence-corrected chi connectivity index (χ1v) is 7.42. The number of H-pyrrole nitrogens is 1. The van der Waals surface area contributed by atoms with E-state index in [1.807, 2.05) is 0 Å². The predicted octanol–water partition coefficient (Wildman–Crippen LogP) is 3.23. The molecular weight excluding hydrogens is 349 g/mol. The Morgan fingerprint density at radius 2 is 1.96 bits per heavy atom. The number of nitrogens with one attached hydrogen (secondary N) is 1. The summed E-state index contributed by atoms with van der Waals surface area (Å²) in [6.45, 7) is 0. The molecular formula is C16H11F3N6O. The highest BCUT2D eigenvalue weighted by Gasteiger charge is 2.32. The molecule has 0 fully saturated rings. The van der Waals surface area contributed by atoms with Crippen LogP contribution in [0.3, 0.4) is 0 Å². The molecule has 0 bridgehead atoms. The molecule has 132 valence electrons. The molecule has 4 aromatic heterocycles. The van der Waals surface area contributed by atoms with Crippen LogP contribution in [0, 0.1) is 0 Å². The van der Waals surface area contributed by atoms with E-state index in [0.717, 1.165) is 12.3 Å². The maximum atomic E-state index is 13.0. The van der Waals surface area contributed by atoms with Gasteiger partial charge in [0.15, 0.2) is 11.5 Å². The minimum atomic E-state index is -4.50. The maximum absolute atomic E-state index is 13.0. The lowest BCUT2D eigenvalue weighted by atomic mass is 10.2. The largest absolute Gasteiger partial charge is 0.481 e. The number of methoxy groups -OCH3 is 1. The van der Waals surface area contributed by atoms with E-state index in [1.165, 1.54) is 25.8 Å². The van der Waals surface area contributed by atoms with Gasteiger partial charge in [-0.2, -0.15) is 13.2 Å². The molecule has 0 aromatic carbocycles. The van der Waals surface area contributed by atoms with E-state index in [9.17, 15) is 13.2 Å². The number of alkyl halides is 3. The molecule has 26 heavy (non-hydrogen) atoms. The van der Waals surface area contributed by atoms with Crippen LogP contribution in [0.4, 0.5) is 13.2 Å². The van der Waals surface area contributed by atoms with Gasteiger partial charge in [0.05, 0.1) is 37.1 Å². The van der Waals surface area contributed by atoms with Gasteiger partial charge in [-0.1, -0.05) is 0 Å². The standard InChI is InChI=1S/C16H11F3N6O/c1-26-13-3-2-10(6-21-13)25-14-11(4-9(5-22-14)16(17,18)19)24-15(25)12-7-20-8-23-12/h2-8H,1H3,(H,20,23). The molecule has 10 heteroatoms. The predicted molar refractivity (Wildman–Crippen MR) is 85.8 cm³/mol. The Morgan fingerprint density at radius 1 is 1.12 bits per heavy atom. The van der Waals surface area contributed by atoms with Crippen molar-refractivity contribution in [1.29, 1.82) is 0 Å². The number of rotatable bonds is 3. The van der Waals surface area contributed by atoms with Gasteiger partial charge in [0, 0.05) is 12.3 Å². The zero-order valence-corrected chi connectivity index (χ0v) is 13.3. The van der Waals surface area contributed by atoms with Crippen LogP contribution in [0.5, 0.6) is 5.88 Å². The monoisotopic (exact) mass is 360 g/mol. The van der Waals surface area contributed by atoms with E-state index in [-0.39, 0.29) is 11.2 Å². The van der Waals surface area contributed by atoms with Gasteiger partial charge >= 0.3 is 6.18 Å². The van der Waals surface area contributed by atoms with Gasteiger partial charge in [0.1, 0.15) is 11.2 Å². The van der Waals surface area contributed by atoms with E-state index in [2.05, 4.69) is 24.9 Å². The van der Waals surface area contributed by atoms with Gasteiger partial charge in [-0.15, -0.1) is 0 Å².